The molecule has 3 heterocycles. The molecule has 8 heteroatoms. The van der Waals surface area contributed by atoms with Gasteiger partial charge in [-0.3, -0.25) is 9.69 Å². The SMILES string of the molecule is CN1CCc2cc(CNC(=O)Cn3nnnc3CN3CCc4ccccc4C3)ccc21. The van der Waals surface area contributed by atoms with Crippen LogP contribution < -0.4 is 10.2 Å². The molecule has 0 spiro atoms. The summed E-state index contributed by atoms with van der Waals surface area (Å²) < 4.78 is 1.60. The van der Waals surface area contributed by atoms with E-state index < -0.39 is 0 Å². The van der Waals surface area contributed by atoms with Crippen molar-refractivity contribution in [2.24, 2.45) is 0 Å². The van der Waals surface area contributed by atoms with Gasteiger partial charge in [0.2, 0.25) is 5.91 Å². The molecule has 0 saturated heterocycles. The molecule has 5 rings (SSSR count). The maximum atomic E-state index is 12.5. The number of anilines is 1. The van der Waals surface area contributed by atoms with Crippen molar-refractivity contribution in [3.05, 3.63) is 70.5 Å². The molecule has 0 unspecified atom stereocenters. The highest BCUT2D eigenvalue weighted by Gasteiger charge is 2.20. The number of carbonyl (C=O) groups is 1. The van der Waals surface area contributed by atoms with E-state index in [9.17, 15) is 4.79 Å². The first-order valence-electron chi connectivity index (χ1n) is 10.8. The molecule has 1 N–H and O–H groups in total. The fourth-order valence-electron chi connectivity index (χ4n) is 4.47. The Morgan fingerprint density at radius 3 is 2.81 bits per heavy atom. The van der Waals surface area contributed by atoms with Gasteiger partial charge in [-0.2, -0.15) is 0 Å². The lowest BCUT2D eigenvalue weighted by atomic mass is 10.00. The first kappa shape index (κ1) is 19.7. The van der Waals surface area contributed by atoms with Crippen LogP contribution in [0.3, 0.4) is 0 Å². The Hall–Kier alpha value is -3.26. The Bertz CT molecular complexity index is 1090. The molecule has 0 bridgehead atoms. The predicted molar refractivity (Wildman–Crippen MR) is 117 cm³/mol. The smallest absolute Gasteiger partial charge is 0.242 e. The van der Waals surface area contributed by atoms with Crippen LogP contribution in [0.4, 0.5) is 5.69 Å². The second-order valence-corrected chi connectivity index (χ2v) is 8.39. The summed E-state index contributed by atoms with van der Waals surface area (Å²) in [5, 5.41) is 15.0. The van der Waals surface area contributed by atoms with E-state index in [1.165, 1.54) is 22.4 Å². The van der Waals surface area contributed by atoms with Crippen molar-refractivity contribution in [3.8, 4) is 0 Å². The number of tetrazole rings is 1. The van der Waals surface area contributed by atoms with E-state index in [1.807, 2.05) is 0 Å². The lowest BCUT2D eigenvalue weighted by Crippen LogP contribution is -2.33. The third-order valence-electron chi connectivity index (χ3n) is 6.24. The van der Waals surface area contributed by atoms with Gasteiger partial charge in [0, 0.05) is 38.9 Å². The summed E-state index contributed by atoms with van der Waals surface area (Å²) in [6.45, 7) is 4.16. The Kier molecular flexibility index (Phi) is 5.38. The van der Waals surface area contributed by atoms with Crippen LogP contribution in [0, 0.1) is 0 Å². The minimum absolute atomic E-state index is 0.0878. The van der Waals surface area contributed by atoms with Crippen molar-refractivity contribution in [1.29, 1.82) is 0 Å². The molecule has 1 aromatic heterocycles. The third kappa shape index (κ3) is 4.29. The van der Waals surface area contributed by atoms with Crippen molar-refractivity contribution >= 4 is 11.6 Å². The van der Waals surface area contributed by atoms with Gasteiger partial charge in [-0.25, -0.2) is 4.68 Å². The molecule has 0 fully saturated rings. The molecule has 31 heavy (non-hydrogen) atoms. The number of hydrogen-bond donors (Lipinski definition) is 1. The number of amides is 1. The summed E-state index contributed by atoms with van der Waals surface area (Å²) in [6.07, 6.45) is 2.08. The molecular formula is C23H27N7O. The monoisotopic (exact) mass is 417 g/mol. The summed E-state index contributed by atoms with van der Waals surface area (Å²) in [5.41, 5.74) is 6.52. The molecule has 0 saturated carbocycles. The molecule has 2 aliphatic heterocycles. The van der Waals surface area contributed by atoms with Gasteiger partial charge < -0.3 is 10.2 Å². The average molecular weight is 418 g/mol. The number of hydrogen-bond acceptors (Lipinski definition) is 6. The summed E-state index contributed by atoms with van der Waals surface area (Å²) in [6, 6.07) is 15.0. The van der Waals surface area contributed by atoms with Gasteiger partial charge in [0.25, 0.3) is 0 Å². The van der Waals surface area contributed by atoms with Crippen molar-refractivity contribution in [1.82, 2.24) is 30.4 Å². The van der Waals surface area contributed by atoms with Crippen LogP contribution in [0.2, 0.25) is 0 Å². The predicted octanol–water partition coefficient (Wildman–Crippen LogP) is 1.54. The maximum Gasteiger partial charge on any atom is 0.242 e. The second-order valence-electron chi connectivity index (χ2n) is 8.39. The Morgan fingerprint density at radius 1 is 1.06 bits per heavy atom. The molecule has 3 aromatic rings. The normalized spacial score (nSPS) is 15.6. The Balaban J connectivity index is 1.16. The van der Waals surface area contributed by atoms with Crippen LogP contribution in [0.1, 0.15) is 28.1 Å². The van der Waals surface area contributed by atoms with E-state index in [2.05, 4.69) is 80.2 Å². The van der Waals surface area contributed by atoms with Gasteiger partial charge in [-0.15, -0.1) is 5.10 Å². The molecule has 0 aliphatic carbocycles. The Labute approximate surface area is 181 Å². The summed E-state index contributed by atoms with van der Waals surface area (Å²) in [7, 11) is 2.11. The number of nitrogens with zero attached hydrogens (tertiary/aromatic N) is 6. The zero-order valence-electron chi connectivity index (χ0n) is 17.8. The standard InChI is InChI=1S/C23H27N7O/c1-28-10-8-19-12-17(6-7-21(19)28)13-24-23(31)16-30-22(25-26-27-30)15-29-11-9-18-4-2-3-5-20(18)14-29/h2-7,12H,8-11,13-16H2,1H3,(H,24,31). The van der Waals surface area contributed by atoms with Crippen molar-refractivity contribution in [2.45, 2.75) is 39.0 Å². The largest absolute Gasteiger partial charge is 0.374 e. The lowest BCUT2D eigenvalue weighted by molar-refractivity contribution is -0.122. The van der Waals surface area contributed by atoms with E-state index in [0.717, 1.165) is 43.9 Å². The lowest BCUT2D eigenvalue weighted by Gasteiger charge is -2.28. The van der Waals surface area contributed by atoms with Gasteiger partial charge >= 0.3 is 0 Å². The van der Waals surface area contributed by atoms with Gasteiger partial charge in [0.15, 0.2) is 5.82 Å². The molecule has 0 radical (unpaired) electrons. The summed E-state index contributed by atoms with van der Waals surface area (Å²) in [4.78, 5) is 17.1. The van der Waals surface area contributed by atoms with E-state index in [-0.39, 0.29) is 12.5 Å². The van der Waals surface area contributed by atoms with Gasteiger partial charge in [0.05, 0.1) is 6.54 Å². The first-order valence-corrected chi connectivity index (χ1v) is 10.8. The van der Waals surface area contributed by atoms with Crippen molar-refractivity contribution in [2.75, 3.05) is 25.0 Å². The van der Waals surface area contributed by atoms with Crippen LogP contribution in [0.5, 0.6) is 0 Å². The number of rotatable bonds is 6. The zero-order valence-corrected chi connectivity index (χ0v) is 17.8. The van der Waals surface area contributed by atoms with Crippen LogP contribution in [-0.4, -0.2) is 51.2 Å². The number of benzene rings is 2. The van der Waals surface area contributed by atoms with Crippen LogP contribution >= 0.6 is 0 Å². The number of aromatic nitrogens is 4. The molecule has 160 valence electrons. The van der Waals surface area contributed by atoms with Crippen LogP contribution in [-0.2, 0) is 43.8 Å². The minimum Gasteiger partial charge on any atom is -0.374 e. The topological polar surface area (TPSA) is 79.2 Å². The Morgan fingerprint density at radius 2 is 1.90 bits per heavy atom. The van der Waals surface area contributed by atoms with Crippen molar-refractivity contribution in [3.63, 3.8) is 0 Å². The van der Waals surface area contributed by atoms with Gasteiger partial charge in [0.1, 0.15) is 6.54 Å². The van der Waals surface area contributed by atoms with E-state index in [4.69, 9.17) is 0 Å². The second kappa shape index (κ2) is 8.47. The quantitative estimate of drug-likeness (QED) is 0.656. The number of nitrogens with one attached hydrogen (secondary N) is 1. The average Bonchev–Trinajstić information content (AvgIpc) is 3.38. The van der Waals surface area contributed by atoms with E-state index in [1.54, 1.807) is 4.68 Å². The molecule has 0 atom stereocenters. The van der Waals surface area contributed by atoms with E-state index in [0.29, 0.717) is 13.1 Å². The first-order chi connectivity index (χ1) is 15.2. The van der Waals surface area contributed by atoms with Gasteiger partial charge in [-0.05, 0) is 51.6 Å². The summed E-state index contributed by atoms with van der Waals surface area (Å²) in [5.74, 6) is 0.630. The number of likely N-dealkylation sites (N-methyl/N-ethyl adjacent to an activating group) is 1. The molecule has 2 aliphatic rings. The fraction of sp³-hybridized carbons (Fsp3) is 0.391. The molecular weight excluding hydrogens is 390 g/mol. The molecule has 1 amide bonds. The number of fused-ring (bicyclic) bond motifs is 2. The maximum absolute atomic E-state index is 12.5. The van der Waals surface area contributed by atoms with Crippen molar-refractivity contribution < 1.29 is 4.79 Å². The van der Waals surface area contributed by atoms with E-state index >= 15 is 0 Å². The molecule has 8 nitrogen and oxygen atoms in total. The highest BCUT2D eigenvalue weighted by molar-refractivity contribution is 5.75. The number of carbonyl (C=O) groups excluding carboxylic acids is 1. The molecule has 2 aromatic carbocycles. The van der Waals surface area contributed by atoms with Crippen LogP contribution in [0.25, 0.3) is 0 Å². The van der Waals surface area contributed by atoms with Crippen LogP contribution in [0.15, 0.2) is 42.5 Å². The zero-order chi connectivity index (χ0) is 21.2. The fourth-order valence-corrected chi connectivity index (χ4v) is 4.47. The minimum atomic E-state index is -0.0878. The van der Waals surface area contributed by atoms with Gasteiger partial charge in [-0.1, -0.05) is 36.4 Å². The third-order valence-corrected chi connectivity index (χ3v) is 6.24. The summed E-state index contributed by atoms with van der Waals surface area (Å²) >= 11 is 0. The highest BCUT2D eigenvalue weighted by atomic mass is 16.2. The highest BCUT2D eigenvalue weighted by Crippen LogP contribution is 2.27.